The predicted molar refractivity (Wildman–Crippen MR) is 88.3 cm³/mol. The second-order valence-corrected chi connectivity index (χ2v) is 6.21. The minimum absolute atomic E-state index is 0.615. The van der Waals surface area contributed by atoms with Gasteiger partial charge in [-0.25, -0.2) is 0 Å². The summed E-state index contributed by atoms with van der Waals surface area (Å²) in [5.41, 5.74) is 0. The van der Waals surface area contributed by atoms with E-state index in [1.807, 2.05) is 0 Å². The first kappa shape index (κ1) is 17.3. The lowest BCUT2D eigenvalue weighted by molar-refractivity contribution is 0.187. The van der Waals surface area contributed by atoms with Crippen LogP contribution in [0.5, 0.6) is 0 Å². The number of guanidine groups is 1. The van der Waals surface area contributed by atoms with E-state index in [1.54, 1.807) is 0 Å². The molecule has 0 spiro atoms. The van der Waals surface area contributed by atoms with Crippen molar-refractivity contribution in [1.29, 1.82) is 0 Å². The molecule has 0 amide bonds. The summed E-state index contributed by atoms with van der Waals surface area (Å²) >= 11 is 0. The quantitative estimate of drug-likeness (QED) is 0.556. The number of hydrogen-bond donors (Lipinski definition) is 2. The van der Waals surface area contributed by atoms with Gasteiger partial charge < -0.3 is 15.5 Å². The van der Waals surface area contributed by atoms with Crippen molar-refractivity contribution in [2.75, 3.05) is 39.3 Å². The molecule has 20 heavy (non-hydrogen) atoms. The highest BCUT2D eigenvalue weighted by atomic mass is 15.2. The molecule has 0 aromatic rings. The van der Waals surface area contributed by atoms with Gasteiger partial charge in [-0.1, -0.05) is 20.8 Å². The molecule has 1 aliphatic rings. The van der Waals surface area contributed by atoms with Crippen molar-refractivity contribution in [1.82, 2.24) is 15.5 Å². The third-order valence-corrected chi connectivity index (χ3v) is 3.96. The summed E-state index contributed by atoms with van der Waals surface area (Å²) in [6.45, 7) is 15.4. The Hall–Kier alpha value is -0.770. The normalized spacial score (nSPS) is 18.6. The fourth-order valence-electron chi connectivity index (χ4n) is 2.60. The van der Waals surface area contributed by atoms with Crippen molar-refractivity contribution in [2.24, 2.45) is 16.8 Å². The van der Waals surface area contributed by atoms with Crippen LogP contribution in [0.1, 0.15) is 47.0 Å². The Morgan fingerprint density at radius 2 is 1.90 bits per heavy atom. The molecule has 4 nitrogen and oxygen atoms in total. The van der Waals surface area contributed by atoms with Crippen molar-refractivity contribution in [3.63, 3.8) is 0 Å². The van der Waals surface area contributed by atoms with Gasteiger partial charge in [0, 0.05) is 19.6 Å². The van der Waals surface area contributed by atoms with Crippen LogP contribution in [-0.2, 0) is 0 Å². The van der Waals surface area contributed by atoms with Gasteiger partial charge in [0.15, 0.2) is 5.96 Å². The van der Waals surface area contributed by atoms with Crippen LogP contribution in [-0.4, -0.2) is 50.1 Å². The number of aliphatic imine (C=N–C) groups is 1. The lowest BCUT2D eigenvalue weighted by Gasteiger charge is -2.31. The van der Waals surface area contributed by atoms with Gasteiger partial charge in [-0.2, -0.15) is 0 Å². The molecule has 1 rings (SSSR count). The number of likely N-dealkylation sites (tertiary alicyclic amines) is 1. The minimum atomic E-state index is 0.615. The number of nitrogens with zero attached hydrogens (tertiary/aromatic N) is 2. The zero-order valence-corrected chi connectivity index (χ0v) is 13.9. The molecule has 0 atom stereocenters. The monoisotopic (exact) mass is 282 g/mol. The van der Waals surface area contributed by atoms with Crippen LogP contribution in [0.4, 0.5) is 0 Å². The second kappa shape index (κ2) is 10.0. The van der Waals surface area contributed by atoms with E-state index < -0.39 is 0 Å². The number of nitrogens with one attached hydrogen (secondary N) is 2. The molecule has 1 saturated heterocycles. The first-order valence-electron chi connectivity index (χ1n) is 8.40. The SMILES string of the molecule is CCNC(=NCC(C)C)NCCC1CCN(CC)CC1. The Labute approximate surface area is 125 Å². The summed E-state index contributed by atoms with van der Waals surface area (Å²) in [6, 6.07) is 0. The van der Waals surface area contributed by atoms with Crippen LogP contribution in [0, 0.1) is 11.8 Å². The third kappa shape index (κ3) is 7.13. The highest BCUT2D eigenvalue weighted by Gasteiger charge is 2.17. The summed E-state index contributed by atoms with van der Waals surface area (Å²) < 4.78 is 0. The van der Waals surface area contributed by atoms with Crippen molar-refractivity contribution < 1.29 is 0 Å². The number of piperidine rings is 1. The molecule has 0 bridgehead atoms. The zero-order valence-electron chi connectivity index (χ0n) is 13.9. The van der Waals surface area contributed by atoms with Crippen molar-refractivity contribution in [3.8, 4) is 0 Å². The average Bonchev–Trinajstić information content (AvgIpc) is 2.45. The van der Waals surface area contributed by atoms with Crippen LogP contribution in [0.3, 0.4) is 0 Å². The van der Waals surface area contributed by atoms with Crippen LogP contribution in [0.25, 0.3) is 0 Å². The number of hydrogen-bond acceptors (Lipinski definition) is 2. The fraction of sp³-hybridized carbons (Fsp3) is 0.938. The first-order valence-corrected chi connectivity index (χ1v) is 8.40. The smallest absolute Gasteiger partial charge is 0.191 e. The molecule has 0 aromatic heterocycles. The van der Waals surface area contributed by atoms with Crippen molar-refractivity contribution in [2.45, 2.75) is 47.0 Å². The summed E-state index contributed by atoms with van der Waals surface area (Å²) in [5, 5.41) is 6.80. The Morgan fingerprint density at radius 3 is 2.45 bits per heavy atom. The van der Waals surface area contributed by atoms with E-state index in [0.717, 1.165) is 31.5 Å². The maximum absolute atomic E-state index is 4.61. The Bertz CT molecular complexity index is 268. The molecule has 118 valence electrons. The average molecular weight is 282 g/mol. The second-order valence-electron chi connectivity index (χ2n) is 6.21. The molecule has 0 saturated carbocycles. The Kier molecular flexibility index (Phi) is 8.67. The third-order valence-electron chi connectivity index (χ3n) is 3.96. The van der Waals surface area contributed by atoms with Gasteiger partial charge in [0.2, 0.25) is 0 Å². The Balaban J connectivity index is 2.21. The molecular formula is C16H34N4. The standard InChI is InChI=1S/C16H34N4/c1-5-17-16(19-13-14(3)4)18-10-7-15-8-11-20(6-2)12-9-15/h14-15H,5-13H2,1-4H3,(H2,17,18,19). The van der Waals surface area contributed by atoms with Crippen LogP contribution in [0.15, 0.2) is 4.99 Å². The lowest BCUT2D eigenvalue weighted by atomic mass is 9.93. The van der Waals surface area contributed by atoms with Crippen LogP contribution < -0.4 is 10.6 Å². The van der Waals surface area contributed by atoms with Gasteiger partial charge in [-0.3, -0.25) is 4.99 Å². The van der Waals surface area contributed by atoms with E-state index in [-0.39, 0.29) is 0 Å². The maximum atomic E-state index is 4.61. The van der Waals surface area contributed by atoms with Gasteiger partial charge in [-0.15, -0.1) is 0 Å². The van der Waals surface area contributed by atoms with Crippen LogP contribution >= 0.6 is 0 Å². The molecule has 1 aliphatic heterocycles. The van der Waals surface area contributed by atoms with Crippen molar-refractivity contribution in [3.05, 3.63) is 0 Å². The minimum Gasteiger partial charge on any atom is -0.357 e. The Morgan fingerprint density at radius 1 is 1.20 bits per heavy atom. The number of rotatable bonds is 7. The molecule has 2 N–H and O–H groups in total. The van der Waals surface area contributed by atoms with E-state index in [2.05, 4.69) is 48.2 Å². The van der Waals surface area contributed by atoms with Crippen LogP contribution in [0.2, 0.25) is 0 Å². The van der Waals surface area contributed by atoms with Gasteiger partial charge >= 0.3 is 0 Å². The highest BCUT2D eigenvalue weighted by molar-refractivity contribution is 5.79. The van der Waals surface area contributed by atoms with Gasteiger partial charge in [0.1, 0.15) is 0 Å². The summed E-state index contributed by atoms with van der Waals surface area (Å²) in [7, 11) is 0. The predicted octanol–water partition coefficient (Wildman–Crippen LogP) is 2.32. The van der Waals surface area contributed by atoms with Gasteiger partial charge in [-0.05, 0) is 57.7 Å². The molecule has 0 aliphatic carbocycles. The molecule has 4 heteroatoms. The molecule has 0 aromatic carbocycles. The lowest BCUT2D eigenvalue weighted by Crippen LogP contribution is -2.39. The van der Waals surface area contributed by atoms with E-state index in [9.17, 15) is 0 Å². The fourth-order valence-corrected chi connectivity index (χ4v) is 2.60. The summed E-state index contributed by atoms with van der Waals surface area (Å²) in [5.74, 6) is 2.48. The van der Waals surface area contributed by atoms with Gasteiger partial charge in [0.25, 0.3) is 0 Å². The van der Waals surface area contributed by atoms with E-state index >= 15 is 0 Å². The van der Waals surface area contributed by atoms with Crippen molar-refractivity contribution >= 4 is 5.96 Å². The largest absolute Gasteiger partial charge is 0.357 e. The van der Waals surface area contributed by atoms with E-state index in [0.29, 0.717) is 5.92 Å². The maximum Gasteiger partial charge on any atom is 0.191 e. The molecule has 1 fully saturated rings. The molecule has 0 unspecified atom stereocenters. The molecular weight excluding hydrogens is 248 g/mol. The highest BCUT2D eigenvalue weighted by Crippen LogP contribution is 2.19. The van der Waals surface area contributed by atoms with E-state index in [1.165, 1.54) is 38.9 Å². The van der Waals surface area contributed by atoms with E-state index in [4.69, 9.17) is 0 Å². The summed E-state index contributed by atoms with van der Waals surface area (Å²) in [6.07, 6.45) is 3.98. The topological polar surface area (TPSA) is 39.7 Å². The zero-order chi connectivity index (χ0) is 14.8. The van der Waals surface area contributed by atoms with Gasteiger partial charge in [0.05, 0.1) is 0 Å². The summed E-state index contributed by atoms with van der Waals surface area (Å²) in [4.78, 5) is 7.16. The first-order chi connectivity index (χ1) is 9.65. The molecule has 1 heterocycles. The molecule has 0 radical (unpaired) electrons.